The summed E-state index contributed by atoms with van der Waals surface area (Å²) in [5.74, 6) is 0.650. The highest BCUT2D eigenvalue weighted by Crippen LogP contribution is 2.40. The molecule has 0 aliphatic rings. The number of hydrogen-bond acceptors (Lipinski definition) is 3. The van der Waals surface area contributed by atoms with Crippen LogP contribution in [0.1, 0.15) is 9.60 Å². The van der Waals surface area contributed by atoms with Gasteiger partial charge in [0.2, 0.25) is 5.95 Å². The molecule has 0 fully saturated rings. The van der Waals surface area contributed by atoms with Crippen LogP contribution in [0, 0.1) is 0 Å². The first-order chi connectivity index (χ1) is 30.2. The average molecular weight is 708 g/mol. The zero-order valence-corrected chi connectivity index (χ0v) is 29.2. The van der Waals surface area contributed by atoms with Crippen LogP contribution in [-0.2, 0) is 0 Å². The largest absolute Gasteiger partial charge is 0.277 e. The number of benzene rings is 9. The Balaban J connectivity index is 1.28. The van der Waals surface area contributed by atoms with Crippen LogP contribution in [0.5, 0.6) is 0 Å². The first-order valence-corrected chi connectivity index (χ1v) is 18.0. The van der Waals surface area contributed by atoms with Crippen molar-refractivity contribution in [3.05, 3.63) is 194 Å². The molecular formula is C51H32N4. The summed E-state index contributed by atoms with van der Waals surface area (Å²) < 4.78 is 65.6. The van der Waals surface area contributed by atoms with Crippen LogP contribution in [0.15, 0.2) is 194 Å². The summed E-state index contributed by atoms with van der Waals surface area (Å²) in [6.07, 6.45) is 0. The Labute approximate surface area is 327 Å². The Kier molecular flexibility index (Phi) is 5.67. The smallest absolute Gasteiger partial charge is 0.238 e. The van der Waals surface area contributed by atoms with E-state index in [1.807, 2.05) is 115 Å². The van der Waals surface area contributed by atoms with E-state index in [0.29, 0.717) is 28.3 Å². The summed E-state index contributed by atoms with van der Waals surface area (Å²) in [5.41, 5.74) is 4.23. The van der Waals surface area contributed by atoms with Gasteiger partial charge in [0.25, 0.3) is 0 Å². The zero-order valence-electron chi connectivity index (χ0n) is 36.2. The summed E-state index contributed by atoms with van der Waals surface area (Å²) in [6, 6.07) is 46.9. The highest BCUT2D eigenvalue weighted by molar-refractivity contribution is 6.25. The standard InChI is InChI=1S/C51H32N4/c1-3-15-33(16-4-1)35-19-13-20-36(31-35)38-26-14-27-45-44-25-11-12-28-47(44)55(48(38)45)51-53-49(34-17-5-2-6-18-34)52-50(54-51)37-29-30-43-41-23-8-7-21-39(41)40-22-9-10-24-42(40)46(43)32-37/h1-32H/i11D,12D,14D,25D,26D,27D,28D. The van der Waals surface area contributed by atoms with E-state index in [-0.39, 0.29) is 63.5 Å². The molecule has 0 radical (unpaired) electrons. The van der Waals surface area contributed by atoms with Crippen LogP contribution >= 0.6 is 0 Å². The van der Waals surface area contributed by atoms with Crippen LogP contribution in [-0.4, -0.2) is 19.5 Å². The Morgan fingerprint density at radius 3 is 1.65 bits per heavy atom. The number of para-hydroxylation sites is 2. The van der Waals surface area contributed by atoms with Crippen LogP contribution in [0.2, 0.25) is 0 Å². The molecule has 0 amide bonds. The summed E-state index contributed by atoms with van der Waals surface area (Å²) in [6.45, 7) is 0. The van der Waals surface area contributed by atoms with Crippen LogP contribution in [0.25, 0.3) is 105 Å². The van der Waals surface area contributed by atoms with E-state index in [9.17, 15) is 5.48 Å². The van der Waals surface area contributed by atoms with Gasteiger partial charge in [0.1, 0.15) is 0 Å². The lowest BCUT2D eigenvalue weighted by Crippen LogP contribution is -2.07. The van der Waals surface area contributed by atoms with Gasteiger partial charge < -0.3 is 0 Å². The predicted molar refractivity (Wildman–Crippen MR) is 228 cm³/mol. The molecule has 0 bridgehead atoms. The molecule has 0 atom stereocenters. The summed E-state index contributed by atoms with van der Waals surface area (Å²) in [7, 11) is 0. The molecule has 0 aliphatic carbocycles. The van der Waals surface area contributed by atoms with Gasteiger partial charge in [-0.15, -0.1) is 0 Å². The molecule has 11 rings (SSSR count). The maximum absolute atomic E-state index is 9.47. The molecular weight excluding hydrogens is 669 g/mol. The van der Waals surface area contributed by atoms with Crippen LogP contribution in [0.3, 0.4) is 0 Å². The number of fused-ring (bicyclic) bond motifs is 9. The van der Waals surface area contributed by atoms with Gasteiger partial charge in [0.15, 0.2) is 11.6 Å². The number of hydrogen-bond donors (Lipinski definition) is 0. The molecule has 0 unspecified atom stereocenters. The molecule has 9 aromatic carbocycles. The molecule has 0 saturated heterocycles. The van der Waals surface area contributed by atoms with Gasteiger partial charge in [-0.25, -0.2) is 4.98 Å². The molecule has 2 heterocycles. The van der Waals surface area contributed by atoms with Crippen molar-refractivity contribution in [2.75, 3.05) is 0 Å². The van der Waals surface area contributed by atoms with E-state index >= 15 is 0 Å². The third-order valence-corrected chi connectivity index (χ3v) is 10.3. The van der Waals surface area contributed by atoms with E-state index in [0.717, 1.165) is 43.4 Å². The van der Waals surface area contributed by atoms with Crippen LogP contribution in [0.4, 0.5) is 0 Å². The molecule has 11 aromatic rings. The van der Waals surface area contributed by atoms with Gasteiger partial charge in [-0.3, -0.25) is 4.57 Å². The van der Waals surface area contributed by atoms with Crippen molar-refractivity contribution in [2.45, 2.75) is 0 Å². The van der Waals surface area contributed by atoms with E-state index in [2.05, 4.69) is 36.4 Å². The molecule has 0 spiro atoms. The summed E-state index contributed by atoms with van der Waals surface area (Å²) in [4.78, 5) is 15.2. The van der Waals surface area contributed by atoms with E-state index in [1.165, 1.54) is 0 Å². The number of nitrogens with zero attached hydrogens (tertiary/aromatic N) is 4. The van der Waals surface area contributed by atoms with Gasteiger partial charge in [0, 0.05) is 27.5 Å². The minimum absolute atomic E-state index is 0.0251. The summed E-state index contributed by atoms with van der Waals surface area (Å²) in [5, 5.41) is 6.66. The number of rotatable bonds is 5. The van der Waals surface area contributed by atoms with Crippen molar-refractivity contribution in [3.8, 4) is 51.0 Å². The molecule has 0 N–H and O–H groups in total. The second-order valence-corrected chi connectivity index (χ2v) is 13.5. The monoisotopic (exact) mass is 707 g/mol. The molecule has 4 nitrogen and oxygen atoms in total. The maximum Gasteiger partial charge on any atom is 0.238 e. The maximum atomic E-state index is 9.47. The highest BCUT2D eigenvalue weighted by Gasteiger charge is 2.21. The third kappa shape index (κ3) is 5.11. The van der Waals surface area contributed by atoms with E-state index in [1.54, 1.807) is 4.57 Å². The molecule has 2 aromatic heterocycles. The van der Waals surface area contributed by atoms with Gasteiger partial charge >= 0.3 is 0 Å². The normalized spacial score (nSPS) is 13.4. The van der Waals surface area contributed by atoms with Crippen molar-refractivity contribution in [1.29, 1.82) is 0 Å². The quantitative estimate of drug-likeness (QED) is 0.167. The van der Waals surface area contributed by atoms with E-state index < -0.39 is 12.1 Å². The Hall–Kier alpha value is -7.43. The Morgan fingerprint density at radius 1 is 0.364 bits per heavy atom. The van der Waals surface area contributed by atoms with Gasteiger partial charge in [0.05, 0.1) is 20.6 Å². The Morgan fingerprint density at radius 2 is 0.927 bits per heavy atom. The van der Waals surface area contributed by atoms with Crippen molar-refractivity contribution < 1.29 is 9.60 Å². The van der Waals surface area contributed by atoms with Crippen molar-refractivity contribution in [2.24, 2.45) is 0 Å². The lowest BCUT2D eigenvalue weighted by molar-refractivity contribution is 0.954. The van der Waals surface area contributed by atoms with Crippen molar-refractivity contribution in [1.82, 2.24) is 19.5 Å². The predicted octanol–water partition coefficient (Wildman–Crippen LogP) is 13.1. The molecule has 4 heteroatoms. The van der Waals surface area contributed by atoms with Crippen molar-refractivity contribution >= 4 is 54.1 Å². The fraction of sp³-hybridized carbons (Fsp3) is 0. The molecule has 55 heavy (non-hydrogen) atoms. The molecule has 0 aliphatic heterocycles. The first-order valence-electron chi connectivity index (χ1n) is 21.5. The zero-order chi connectivity index (χ0) is 42.4. The second kappa shape index (κ2) is 12.6. The van der Waals surface area contributed by atoms with Gasteiger partial charge in [-0.1, -0.05) is 176 Å². The van der Waals surface area contributed by atoms with Crippen molar-refractivity contribution in [3.63, 3.8) is 0 Å². The average Bonchev–Trinajstić information content (AvgIpc) is 3.68. The van der Waals surface area contributed by atoms with Gasteiger partial charge in [-0.2, -0.15) is 9.97 Å². The number of aromatic nitrogens is 4. The summed E-state index contributed by atoms with van der Waals surface area (Å²) >= 11 is 0. The molecule has 256 valence electrons. The minimum Gasteiger partial charge on any atom is -0.277 e. The third-order valence-electron chi connectivity index (χ3n) is 10.3. The van der Waals surface area contributed by atoms with E-state index in [4.69, 9.17) is 19.1 Å². The van der Waals surface area contributed by atoms with Gasteiger partial charge in [-0.05, 0) is 67.2 Å². The topological polar surface area (TPSA) is 43.6 Å². The lowest BCUT2D eigenvalue weighted by atomic mass is 9.93. The fourth-order valence-corrected chi connectivity index (χ4v) is 7.82. The molecule has 0 saturated carbocycles. The van der Waals surface area contributed by atoms with Crippen LogP contribution < -0.4 is 0 Å². The SMILES string of the molecule is [2H]c1c([2H])c([2H])c2c(c1[2H])c1c([2H])c([2H])c([2H])c(-c3cccc(-c4ccccc4)c3)c1n2-c1nc(-c2ccccc2)nc(-c2ccc3c4ccccc4c4ccccc4c3c2)n1. The first kappa shape index (κ1) is 24.7. The Bertz CT molecular complexity index is 3630. The highest BCUT2D eigenvalue weighted by atomic mass is 15.2. The lowest BCUT2D eigenvalue weighted by Gasteiger charge is -2.14. The fourth-order valence-electron chi connectivity index (χ4n) is 7.82. The minimum atomic E-state index is -0.479. The second-order valence-electron chi connectivity index (χ2n) is 13.5.